The Hall–Kier alpha value is -4.38. The van der Waals surface area contributed by atoms with Gasteiger partial charge in [0.25, 0.3) is 5.56 Å². The summed E-state index contributed by atoms with van der Waals surface area (Å²) in [6, 6.07) is 15.1. The molecule has 0 saturated carbocycles. The molecule has 11 heteroatoms. The number of amides is 2. The van der Waals surface area contributed by atoms with Crippen molar-refractivity contribution in [3.8, 4) is 11.5 Å². The van der Waals surface area contributed by atoms with Gasteiger partial charge in [-0.25, -0.2) is 4.79 Å². The number of ether oxygens (including phenoxy) is 2. The van der Waals surface area contributed by atoms with Crippen LogP contribution in [0.4, 0.5) is 0 Å². The van der Waals surface area contributed by atoms with Gasteiger partial charge in [0.1, 0.15) is 11.2 Å². The average molecular weight is 579 g/mol. The minimum Gasteiger partial charge on any atom is -0.493 e. The predicted molar refractivity (Wildman–Crippen MR) is 159 cm³/mol. The van der Waals surface area contributed by atoms with E-state index >= 15 is 0 Å². The molecule has 0 unspecified atom stereocenters. The summed E-state index contributed by atoms with van der Waals surface area (Å²) in [5, 5.41) is 7.43. The van der Waals surface area contributed by atoms with Crippen LogP contribution >= 0.6 is 11.3 Å². The highest BCUT2D eigenvalue weighted by Gasteiger charge is 2.17. The molecule has 2 aromatic carbocycles. The van der Waals surface area contributed by atoms with E-state index in [1.807, 2.05) is 43.3 Å². The SMILES string of the molecule is COc1ccc(CCNC(=O)Cn2c(=O)n(CCCC(=O)NCc3ccc(C)cc3)c(=O)c3sccc32)cc1OC. The number of carbonyl (C=O) groups is 2. The normalized spacial score (nSPS) is 10.9. The first-order valence-corrected chi connectivity index (χ1v) is 14.2. The zero-order valence-electron chi connectivity index (χ0n) is 23.4. The van der Waals surface area contributed by atoms with Crippen molar-refractivity contribution in [2.24, 2.45) is 0 Å². The molecule has 2 aromatic heterocycles. The smallest absolute Gasteiger partial charge is 0.332 e. The summed E-state index contributed by atoms with van der Waals surface area (Å²) < 4.78 is 13.4. The Balaban J connectivity index is 1.36. The van der Waals surface area contributed by atoms with Crippen molar-refractivity contribution in [3.63, 3.8) is 0 Å². The highest BCUT2D eigenvalue weighted by Crippen LogP contribution is 2.27. The second kappa shape index (κ2) is 13.8. The van der Waals surface area contributed by atoms with Crippen LogP contribution in [0.1, 0.15) is 29.5 Å². The minimum atomic E-state index is -0.573. The molecule has 0 aliphatic rings. The van der Waals surface area contributed by atoms with Gasteiger partial charge in [-0.1, -0.05) is 35.9 Å². The highest BCUT2D eigenvalue weighted by molar-refractivity contribution is 7.17. The third-order valence-corrected chi connectivity index (χ3v) is 7.61. The number of hydrogen-bond donors (Lipinski definition) is 2. The van der Waals surface area contributed by atoms with E-state index in [4.69, 9.17) is 9.47 Å². The molecule has 4 rings (SSSR count). The van der Waals surface area contributed by atoms with Gasteiger partial charge in [0.2, 0.25) is 11.8 Å². The van der Waals surface area contributed by atoms with Crippen LogP contribution in [0.3, 0.4) is 0 Å². The van der Waals surface area contributed by atoms with Crippen LogP contribution in [0.5, 0.6) is 11.5 Å². The van der Waals surface area contributed by atoms with Crippen LogP contribution in [0, 0.1) is 6.92 Å². The van der Waals surface area contributed by atoms with Crippen LogP contribution in [0.15, 0.2) is 63.5 Å². The first-order chi connectivity index (χ1) is 19.8. The van der Waals surface area contributed by atoms with Crippen LogP contribution < -0.4 is 31.4 Å². The minimum absolute atomic E-state index is 0.0738. The second-order valence-corrected chi connectivity index (χ2v) is 10.5. The first kappa shape index (κ1) is 29.6. The van der Waals surface area contributed by atoms with E-state index in [1.54, 1.807) is 31.7 Å². The number of nitrogens with one attached hydrogen (secondary N) is 2. The fourth-order valence-corrected chi connectivity index (χ4v) is 5.30. The molecule has 2 heterocycles. The lowest BCUT2D eigenvalue weighted by atomic mass is 10.1. The lowest BCUT2D eigenvalue weighted by molar-refractivity contribution is -0.122. The van der Waals surface area contributed by atoms with Gasteiger partial charge in [0.05, 0.1) is 19.7 Å². The molecule has 0 fully saturated rings. The molecule has 216 valence electrons. The van der Waals surface area contributed by atoms with Crippen molar-refractivity contribution in [2.75, 3.05) is 20.8 Å². The lowest BCUT2D eigenvalue weighted by Gasteiger charge is -2.13. The van der Waals surface area contributed by atoms with Crippen molar-refractivity contribution in [2.45, 2.75) is 45.8 Å². The molecule has 0 aliphatic carbocycles. The Morgan fingerprint density at radius 2 is 1.61 bits per heavy atom. The van der Waals surface area contributed by atoms with E-state index < -0.39 is 11.2 Å². The number of nitrogens with zero attached hydrogens (tertiary/aromatic N) is 2. The summed E-state index contributed by atoms with van der Waals surface area (Å²) in [6.45, 7) is 2.61. The number of hydrogen-bond acceptors (Lipinski definition) is 7. The number of aryl methyl sites for hydroxylation is 1. The Morgan fingerprint density at radius 1 is 0.878 bits per heavy atom. The number of aromatic nitrogens is 2. The van der Waals surface area contributed by atoms with Gasteiger partial charge in [0.15, 0.2) is 11.5 Å². The predicted octanol–water partition coefficient (Wildman–Crippen LogP) is 3.01. The van der Waals surface area contributed by atoms with E-state index in [-0.39, 0.29) is 31.3 Å². The average Bonchev–Trinajstić information content (AvgIpc) is 3.47. The first-order valence-electron chi connectivity index (χ1n) is 13.3. The molecule has 4 aromatic rings. The summed E-state index contributed by atoms with van der Waals surface area (Å²) in [6.07, 6.45) is 1.03. The fourth-order valence-electron chi connectivity index (χ4n) is 4.46. The van der Waals surface area contributed by atoms with Crippen molar-refractivity contribution in [1.29, 1.82) is 0 Å². The van der Waals surface area contributed by atoms with Gasteiger partial charge in [0, 0.05) is 26.1 Å². The molecule has 0 atom stereocenters. The maximum absolute atomic E-state index is 13.3. The van der Waals surface area contributed by atoms with E-state index in [1.165, 1.54) is 15.9 Å². The van der Waals surface area contributed by atoms with Gasteiger partial charge in [-0.15, -0.1) is 11.3 Å². The number of benzene rings is 2. The fraction of sp³-hybridized carbons (Fsp3) is 0.333. The van der Waals surface area contributed by atoms with Crippen molar-refractivity contribution in [1.82, 2.24) is 19.8 Å². The summed E-state index contributed by atoms with van der Waals surface area (Å²) in [5.74, 6) is 0.719. The quantitative estimate of drug-likeness (QED) is 0.252. The van der Waals surface area contributed by atoms with Crippen LogP contribution in [-0.4, -0.2) is 41.7 Å². The summed E-state index contributed by atoms with van der Waals surface area (Å²) in [7, 11) is 3.13. The van der Waals surface area contributed by atoms with E-state index in [2.05, 4.69) is 10.6 Å². The molecule has 0 radical (unpaired) electrons. The van der Waals surface area contributed by atoms with Crippen molar-refractivity contribution < 1.29 is 19.1 Å². The summed E-state index contributed by atoms with van der Waals surface area (Å²) >= 11 is 1.22. The van der Waals surface area contributed by atoms with Gasteiger partial charge >= 0.3 is 5.69 Å². The third kappa shape index (κ3) is 7.43. The lowest BCUT2D eigenvalue weighted by Crippen LogP contribution is -2.42. The largest absolute Gasteiger partial charge is 0.493 e. The number of thiophene rings is 1. The molecule has 41 heavy (non-hydrogen) atoms. The van der Waals surface area contributed by atoms with Gasteiger partial charge in [-0.05, 0) is 54.5 Å². The van der Waals surface area contributed by atoms with Crippen LogP contribution in [-0.2, 0) is 35.6 Å². The van der Waals surface area contributed by atoms with Gasteiger partial charge < -0.3 is 20.1 Å². The Morgan fingerprint density at radius 3 is 2.34 bits per heavy atom. The Kier molecular flexibility index (Phi) is 9.96. The van der Waals surface area contributed by atoms with Crippen molar-refractivity contribution >= 4 is 33.4 Å². The maximum atomic E-state index is 13.3. The van der Waals surface area contributed by atoms with E-state index in [0.29, 0.717) is 47.6 Å². The topological polar surface area (TPSA) is 121 Å². The van der Waals surface area contributed by atoms with Crippen LogP contribution in [0.25, 0.3) is 10.2 Å². The summed E-state index contributed by atoms with van der Waals surface area (Å²) in [4.78, 5) is 51.5. The number of rotatable bonds is 13. The molecule has 0 bridgehead atoms. The number of methoxy groups -OCH3 is 2. The zero-order chi connectivity index (χ0) is 29.4. The molecule has 0 aliphatic heterocycles. The zero-order valence-corrected chi connectivity index (χ0v) is 24.2. The standard InChI is InChI=1S/C30H34N4O6S/c1-20-6-8-22(9-7-20)18-32-26(35)5-4-15-33-29(37)28-23(13-16-41-28)34(30(33)38)19-27(36)31-14-12-21-10-11-24(39-2)25(17-21)40-3/h6-11,13,16-17H,4-5,12,14-15,18-19H2,1-3H3,(H,31,36)(H,32,35). The van der Waals surface area contributed by atoms with Gasteiger partial charge in [-0.3, -0.25) is 23.5 Å². The van der Waals surface area contributed by atoms with E-state index in [9.17, 15) is 19.2 Å². The molecule has 2 N–H and O–H groups in total. The van der Waals surface area contributed by atoms with Gasteiger partial charge in [-0.2, -0.15) is 0 Å². The monoisotopic (exact) mass is 578 g/mol. The number of carbonyl (C=O) groups excluding carboxylic acids is 2. The number of fused-ring (bicyclic) bond motifs is 1. The molecule has 0 spiro atoms. The summed E-state index contributed by atoms with van der Waals surface area (Å²) in [5.41, 5.74) is 2.53. The second-order valence-electron chi connectivity index (χ2n) is 9.62. The van der Waals surface area contributed by atoms with Crippen molar-refractivity contribution in [3.05, 3.63) is 91.4 Å². The molecule has 2 amide bonds. The van der Waals surface area contributed by atoms with E-state index in [0.717, 1.165) is 21.3 Å². The highest BCUT2D eigenvalue weighted by atomic mass is 32.1. The third-order valence-electron chi connectivity index (χ3n) is 6.72. The molecule has 10 nitrogen and oxygen atoms in total. The Labute approximate surface area is 241 Å². The Bertz CT molecular complexity index is 1640. The molecule has 0 saturated heterocycles. The molecular formula is C30H34N4O6S. The maximum Gasteiger partial charge on any atom is 0.332 e. The molecular weight excluding hydrogens is 544 g/mol. The van der Waals surface area contributed by atoms with Crippen LogP contribution in [0.2, 0.25) is 0 Å².